The lowest BCUT2D eigenvalue weighted by Gasteiger charge is -2.35. The fraction of sp³-hybridized carbons (Fsp3) is 0.316. The Kier molecular flexibility index (Phi) is 7.17. The van der Waals surface area contributed by atoms with Crippen molar-refractivity contribution in [2.75, 3.05) is 32.7 Å². The van der Waals surface area contributed by atoms with Gasteiger partial charge in [0.1, 0.15) is 0 Å². The van der Waals surface area contributed by atoms with Crippen LogP contribution in [0.2, 0.25) is 10.0 Å². The van der Waals surface area contributed by atoms with E-state index in [1.165, 1.54) is 22.0 Å². The number of piperazine rings is 1. The van der Waals surface area contributed by atoms with E-state index in [-0.39, 0.29) is 4.90 Å². The smallest absolute Gasteiger partial charge is 0.243 e. The Morgan fingerprint density at radius 3 is 2.04 bits per heavy atom. The van der Waals surface area contributed by atoms with E-state index < -0.39 is 10.0 Å². The highest BCUT2D eigenvalue weighted by atomic mass is 35.5. The molecule has 0 amide bonds. The van der Waals surface area contributed by atoms with E-state index in [9.17, 15) is 8.42 Å². The number of nitrogens with one attached hydrogen (secondary N) is 1. The van der Waals surface area contributed by atoms with Crippen molar-refractivity contribution >= 4 is 50.6 Å². The molecule has 0 bridgehead atoms. The highest BCUT2D eigenvalue weighted by Gasteiger charge is 2.29. The van der Waals surface area contributed by atoms with Crippen LogP contribution in [0.3, 0.4) is 0 Å². The first kappa shape index (κ1) is 21.3. The van der Waals surface area contributed by atoms with Crippen molar-refractivity contribution in [2.45, 2.75) is 11.3 Å². The second-order valence-corrected chi connectivity index (χ2v) is 9.65. The summed E-state index contributed by atoms with van der Waals surface area (Å²) in [6.45, 7) is 2.61. The van der Waals surface area contributed by atoms with Gasteiger partial charge in [-0.2, -0.15) is 4.31 Å². The molecule has 0 unspecified atom stereocenters. The zero-order valence-electron chi connectivity index (χ0n) is 15.1. The summed E-state index contributed by atoms with van der Waals surface area (Å²) >= 11 is 17.2. The van der Waals surface area contributed by atoms with Crippen LogP contribution in [0.15, 0.2) is 53.4 Å². The lowest BCUT2D eigenvalue weighted by molar-refractivity contribution is 0.264. The van der Waals surface area contributed by atoms with E-state index in [1.54, 1.807) is 12.1 Å². The van der Waals surface area contributed by atoms with Crippen LogP contribution in [0.1, 0.15) is 5.56 Å². The molecule has 1 heterocycles. The molecule has 0 atom stereocenters. The van der Waals surface area contributed by atoms with Gasteiger partial charge in [-0.3, -0.25) is 0 Å². The summed E-state index contributed by atoms with van der Waals surface area (Å²) in [6.07, 6.45) is 0.836. The zero-order chi connectivity index (χ0) is 20.1. The van der Waals surface area contributed by atoms with Crippen molar-refractivity contribution in [2.24, 2.45) is 0 Å². The molecule has 0 saturated carbocycles. The monoisotopic (exact) mass is 457 g/mol. The quantitative estimate of drug-likeness (QED) is 0.696. The number of sulfonamides is 1. The molecule has 1 saturated heterocycles. The minimum atomic E-state index is -3.51. The van der Waals surface area contributed by atoms with Crippen molar-refractivity contribution in [3.05, 3.63) is 64.1 Å². The molecule has 2 aromatic rings. The molecular formula is C19H21Cl2N3O2S2. The second kappa shape index (κ2) is 9.41. The maximum absolute atomic E-state index is 12.7. The van der Waals surface area contributed by atoms with E-state index in [4.69, 9.17) is 35.4 Å². The standard InChI is InChI=1S/C19H21Cl2N3O2S2/c20-16-3-1-15(2-4-16)9-10-22-19(27)23-11-13-24(14-12-23)28(25,26)18-7-5-17(21)6-8-18/h1-8H,9-14H2,(H,22,27). The molecule has 1 N–H and O–H groups in total. The molecule has 150 valence electrons. The fourth-order valence-corrected chi connectivity index (χ4v) is 4.92. The second-order valence-electron chi connectivity index (χ2n) is 6.45. The Morgan fingerprint density at radius 2 is 1.46 bits per heavy atom. The Hall–Kier alpha value is -1.38. The van der Waals surface area contributed by atoms with E-state index in [1.807, 2.05) is 29.2 Å². The Balaban J connectivity index is 1.48. The average molecular weight is 458 g/mol. The van der Waals surface area contributed by atoms with Gasteiger partial charge in [0.05, 0.1) is 4.90 Å². The van der Waals surface area contributed by atoms with E-state index in [0.29, 0.717) is 42.9 Å². The summed E-state index contributed by atoms with van der Waals surface area (Å²) in [5, 5.41) is 5.13. The fourth-order valence-electron chi connectivity index (χ4n) is 2.96. The van der Waals surface area contributed by atoms with Crippen LogP contribution in [0.25, 0.3) is 0 Å². The molecule has 3 rings (SSSR count). The van der Waals surface area contributed by atoms with Crippen molar-refractivity contribution in [3.8, 4) is 0 Å². The van der Waals surface area contributed by atoms with Gasteiger partial charge in [-0.15, -0.1) is 0 Å². The Labute approximate surface area is 181 Å². The van der Waals surface area contributed by atoms with Gasteiger partial charge in [0.25, 0.3) is 0 Å². The highest BCUT2D eigenvalue weighted by molar-refractivity contribution is 7.89. The van der Waals surface area contributed by atoms with Gasteiger partial charge in [0.2, 0.25) is 10.0 Å². The van der Waals surface area contributed by atoms with E-state index >= 15 is 0 Å². The van der Waals surface area contributed by atoms with Crippen molar-refractivity contribution in [3.63, 3.8) is 0 Å². The maximum atomic E-state index is 12.7. The van der Waals surface area contributed by atoms with E-state index in [2.05, 4.69) is 5.32 Å². The molecule has 0 spiro atoms. The van der Waals surface area contributed by atoms with Crippen molar-refractivity contribution in [1.29, 1.82) is 0 Å². The molecule has 2 aromatic carbocycles. The van der Waals surface area contributed by atoms with Crippen LogP contribution >= 0.6 is 35.4 Å². The number of hydrogen-bond donors (Lipinski definition) is 1. The number of thiocarbonyl (C=S) groups is 1. The molecule has 5 nitrogen and oxygen atoms in total. The predicted octanol–water partition coefficient (Wildman–Crippen LogP) is 3.42. The molecule has 1 fully saturated rings. The number of nitrogens with zero attached hydrogens (tertiary/aromatic N) is 2. The van der Waals surface area contributed by atoms with E-state index in [0.717, 1.165) is 11.4 Å². The summed E-state index contributed by atoms with van der Waals surface area (Å²) in [5.41, 5.74) is 1.18. The van der Waals surface area contributed by atoms with Gasteiger partial charge >= 0.3 is 0 Å². The van der Waals surface area contributed by atoms with Gasteiger partial charge in [-0.05, 0) is 60.6 Å². The minimum Gasteiger partial charge on any atom is -0.362 e. The molecule has 9 heteroatoms. The third kappa shape index (κ3) is 5.36. The Bertz CT molecular complexity index is 911. The first-order valence-corrected chi connectivity index (χ1v) is 11.5. The first-order valence-electron chi connectivity index (χ1n) is 8.89. The van der Waals surface area contributed by atoms with Gasteiger partial charge in [0.15, 0.2) is 5.11 Å². The molecule has 28 heavy (non-hydrogen) atoms. The summed E-state index contributed by atoms with van der Waals surface area (Å²) in [4.78, 5) is 2.26. The summed E-state index contributed by atoms with van der Waals surface area (Å²) in [6, 6.07) is 14.0. The lowest BCUT2D eigenvalue weighted by atomic mass is 10.1. The van der Waals surface area contributed by atoms with Gasteiger partial charge in [0, 0.05) is 42.8 Å². The maximum Gasteiger partial charge on any atom is 0.243 e. The molecular weight excluding hydrogens is 437 g/mol. The number of halogens is 2. The largest absolute Gasteiger partial charge is 0.362 e. The van der Waals surface area contributed by atoms with Crippen LogP contribution in [0, 0.1) is 0 Å². The van der Waals surface area contributed by atoms with Crippen LogP contribution in [0.5, 0.6) is 0 Å². The molecule has 0 aromatic heterocycles. The molecule has 1 aliphatic rings. The normalized spacial score (nSPS) is 15.4. The van der Waals surface area contributed by atoms with Crippen LogP contribution in [-0.4, -0.2) is 55.5 Å². The molecule has 1 aliphatic heterocycles. The van der Waals surface area contributed by atoms with Crippen molar-refractivity contribution in [1.82, 2.24) is 14.5 Å². The topological polar surface area (TPSA) is 52.7 Å². The first-order chi connectivity index (χ1) is 13.4. The third-order valence-corrected chi connectivity index (χ3v) is 7.40. The Morgan fingerprint density at radius 1 is 0.929 bits per heavy atom. The van der Waals surface area contributed by atoms with Crippen LogP contribution in [0.4, 0.5) is 0 Å². The number of rotatable bonds is 5. The molecule has 0 aliphatic carbocycles. The van der Waals surface area contributed by atoms with Gasteiger partial charge < -0.3 is 10.2 Å². The van der Waals surface area contributed by atoms with Gasteiger partial charge in [-0.25, -0.2) is 8.42 Å². The third-order valence-electron chi connectivity index (χ3n) is 4.58. The number of hydrogen-bond acceptors (Lipinski definition) is 3. The zero-order valence-corrected chi connectivity index (χ0v) is 18.3. The summed E-state index contributed by atoms with van der Waals surface area (Å²) in [7, 11) is -3.51. The average Bonchev–Trinajstić information content (AvgIpc) is 2.70. The number of benzene rings is 2. The minimum absolute atomic E-state index is 0.258. The van der Waals surface area contributed by atoms with Crippen molar-refractivity contribution < 1.29 is 8.42 Å². The highest BCUT2D eigenvalue weighted by Crippen LogP contribution is 2.20. The van der Waals surface area contributed by atoms with Crippen LogP contribution < -0.4 is 5.32 Å². The van der Waals surface area contributed by atoms with Gasteiger partial charge in [-0.1, -0.05) is 35.3 Å². The summed E-state index contributed by atoms with van der Waals surface area (Å²) in [5.74, 6) is 0. The predicted molar refractivity (Wildman–Crippen MR) is 118 cm³/mol. The lowest BCUT2D eigenvalue weighted by Crippen LogP contribution is -2.53. The summed E-state index contributed by atoms with van der Waals surface area (Å²) < 4.78 is 27.0. The SMILES string of the molecule is O=S(=O)(c1ccc(Cl)cc1)N1CCN(C(=S)NCCc2ccc(Cl)cc2)CC1. The van der Waals surface area contributed by atoms with Crippen LogP contribution in [-0.2, 0) is 16.4 Å². The molecule has 0 radical (unpaired) electrons.